The molecular weight excluding hydrogens is 334 g/mol. The van der Waals surface area contributed by atoms with Crippen molar-refractivity contribution < 1.29 is 9.59 Å². The Kier molecular flexibility index (Phi) is 7.78. The van der Waals surface area contributed by atoms with Crippen LogP contribution < -0.4 is 5.32 Å². The van der Waals surface area contributed by atoms with Crippen molar-refractivity contribution in [3.8, 4) is 0 Å². The number of aryl methyl sites for hydroxylation is 1. The molecule has 2 amide bonds. The second kappa shape index (κ2) is 9.82. The van der Waals surface area contributed by atoms with Gasteiger partial charge in [0.05, 0.1) is 0 Å². The lowest BCUT2D eigenvalue weighted by molar-refractivity contribution is -0.137. The summed E-state index contributed by atoms with van der Waals surface area (Å²) in [5.74, 6) is 0.779. The summed E-state index contributed by atoms with van der Waals surface area (Å²) in [4.78, 5) is 28.4. The smallest absolute Gasteiger partial charge is 0.245 e. The first-order chi connectivity index (χ1) is 12.0. The Hall–Kier alpha value is -1.53. The van der Waals surface area contributed by atoms with E-state index in [4.69, 9.17) is 0 Å². The van der Waals surface area contributed by atoms with Crippen molar-refractivity contribution in [2.75, 3.05) is 38.2 Å². The van der Waals surface area contributed by atoms with E-state index in [9.17, 15) is 9.59 Å². The molecule has 2 rings (SSSR count). The Morgan fingerprint density at radius 1 is 1.24 bits per heavy atom. The maximum atomic E-state index is 12.7. The number of thioether (sulfide) groups is 1. The monoisotopic (exact) mass is 363 g/mol. The van der Waals surface area contributed by atoms with Gasteiger partial charge in [0.15, 0.2) is 0 Å². The molecule has 1 aromatic rings. The van der Waals surface area contributed by atoms with Crippen molar-refractivity contribution in [3.05, 3.63) is 35.4 Å². The molecule has 1 saturated heterocycles. The van der Waals surface area contributed by atoms with E-state index in [2.05, 4.69) is 41.4 Å². The molecule has 1 atom stereocenters. The fourth-order valence-corrected chi connectivity index (χ4v) is 3.63. The van der Waals surface area contributed by atoms with E-state index in [0.29, 0.717) is 6.42 Å². The molecule has 6 heteroatoms. The van der Waals surface area contributed by atoms with E-state index in [1.54, 1.807) is 11.8 Å². The van der Waals surface area contributed by atoms with Crippen LogP contribution in [0.1, 0.15) is 24.5 Å². The van der Waals surface area contributed by atoms with Crippen LogP contribution in [0.15, 0.2) is 24.3 Å². The first kappa shape index (κ1) is 19.8. The van der Waals surface area contributed by atoms with Crippen molar-refractivity contribution in [1.82, 2.24) is 15.1 Å². The summed E-state index contributed by atoms with van der Waals surface area (Å²) in [5.41, 5.74) is 2.59. The molecule has 1 aromatic carbocycles. The molecule has 0 aliphatic carbocycles. The first-order valence-electron chi connectivity index (χ1n) is 8.82. The molecule has 0 saturated carbocycles. The fourth-order valence-electron chi connectivity index (χ4n) is 3.15. The molecule has 1 unspecified atom stereocenters. The van der Waals surface area contributed by atoms with E-state index in [1.165, 1.54) is 18.1 Å². The summed E-state index contributed by atoms with van der Waals surface area (Å²) < 4.78 is 0. The maximum absolute atomic E-state index is 12.7. The summed E-state index contributed by atoms with van der Waals surface area (Å²) >= 11 is 1.69. The van der Waals surface area contributed by atoms with Crippen LogP contribution in [0.3, 0.4) is 0 Å². The molecule has 0 bridgehead atoms. The van der Waals surface area contributed by atoms with Crippen molar-refractivity contribution in [2.24, 2.45) is 0 Å². The van der Waals surface area contributed by atoms with Gasteiger partial charge in [-0.05, 0) is 30.9 Å². The number of hydrogen-bond donors (Lipinski definition) is 1. The number of amides is 2. The maximum Gasteiger partial charge on any atom is 0.245 e. The number of piperazine rings is 1. The second-order valence-electron chi connectivity index (χ2n) is 6.63. The van der Waals surface area contributed by atoms with Crippen molar-refractivity contribution in [1.29, 1.82) is 0 Å². The average molecular weight is 364 g/mol. The molecule has 1 aliphatic rings. The number of rotatable bonds is 7. The Bertz CT molecular complexity index is 586. The van der Waals surface area contributed by atoms with Gasteiger partial charge in [-0.15, -0.1) is 0 Å². The number of carbonyl (C=O) groups is 2. The molecule has 5 nitrogen and oxygen atoms in total. The SMILES string of the molecule is CSCCC(NC(C)=O)C(=O)N1CCN(Cc2cccc(C)c2)CC1. The summed E-state index contributed by atoms with van der Waals surface area (Å²) in [6.07, 6.45) is 2.70. The third kappa shape index (κ3) is 6.36. The molecule has 0 aromatic heterocycles. The number of hydrogen-bond acceptors (Lipinski definition) is 4. The minimum Gasteiger partial charge on any atom is -0.345 e. The fraction of sp³-hybridized carbons (Fsp3) is 0.579. The molecular formula is C19H29N3O2S. The van der Waals surface area contributed by atoms with Crippen LogP contribution in [0.4, 0.5) is 0 Å². The summed E-state index contributed by atoms with van der Waals surface area (Å²) in [5, 5.41) is 2.81. The van der Waals surface area contributed by atoms with Gasteiger partial charge in [-0.2, -0.15) is 11.8 Å². The minimum atomic E-state index is -0.395. The van der Waals surface area contributed by atoms with E-state index < -0.39 is 6.04 Å². The Morgan fingerprint density at radius 2 is 1.96 bits per heavy atom. The predicted molar refractivity (Wildman–Crippen MR) is 104 cm³/mol. The predicted octanol–water partition coefficient (Wildman–Crippen LogP) is 1.90. The van der Waals surface area contributed by atoms with Gasteiger partial charge in [0.25, 0.3) is 0 Å². The van der Waals surface area contributed by atoms with Crippen LogP contribution in [0.25, 0.3) is 0 Å². The lowest BCUT2D eigenvalue weighted by Gasteiger charge is -2.36. The standard InChI is InChI=1S/C19H29N3O2S/c1-15-5-4-6-17(13-15)14-21-8-10-22(11-9-21)19(24)18(7-12-25-3)20-16(2)23/h4-6,13,18H,7-12,14H2,1-3H3,(H,20,23). The first-order valence-corrected chi connectivity index (χ1v) is 10.2. The molecule has 1 aliphatic heterocycles. The topological polar surface area (TPSA) is 52.7 Å². The summed E-state index contributed by atoms with van der Waals surface area (Å²) in [6, 6.07) is 8.17. The zero-order chi connectivity index (χ0) is 18.2. The van der Waals surface area contributed by atoms with Gasteiger partial charge in [0, 0.05) is 39.6 Å². The Balaban J connectivity index is 1.86. The summed E-state index contributed by atoms with van der Waals surface area (Å²) in [6.45, 7) is 7.69. The second-order valence-corrected chi connectivity index (χ2v) is 7.61. The zero-order valence-corrected chi connectivity index (χ0v) is 16.3. The number of nitrogens with one attached hydrogen (secondary N) is 1. The quantitative estimate of drug-likeness (QED) is 0.804. The van der Waals surface area contributed by atoms with Gasteiger partial charge in [-0.3, -0.25) is 14.5 Å². The van der Waals surface area contributed by atoms with E-state index in [0.717, 1.165) is 38.5 Å². The zero-order valence-electron chi connectivity index (χ0n) is 15.5. The van der Waals surface area contributed by atoms with E-state index in [1.807, 2.05) is 11.2 Å². The molecule has 138 valence electrons. The van der Waals surface area contributed by atoms with Gasteiger partial charge in [-0.25, -0.2) is 0 Å². The van der Waals surface area contributed by atoms with E-state index >= 15 is 0 Å². The van der Waals surface area contributed by atoms with Crippen molar-refractivity contribution >= 4 is 23.6 Å². The van der Waals surface area contributed by atoms with Crippen LogP contribution in [0, 0.1) is 6.92 Å². The van der Waals surface area contributed by atoms with E-state index in [-0.39, 0.29) is 11.8 Å². The Labute approximate surface area is 155 Å². The lowest BCUT2D eigenvalue weighted by Crippen LogP contribution is -2.54. The normalized spacial score (nSPS) is 16.5. The molecule has 0 spiro atoms. The van der Waals surface area contributed by atoms with Gasteiger partial charge >= 0.3 is 0 Å². The average Bonchev–Trinajstić information content (AvgIpc) is 2.58. The molecule has 1 N–H and O–H groups in total. The van der Waals surface area contributed by atoms with Gasteiger partial charge < -0.3 is 10.2 Å². The highest BCUT2D eigenvalue weighted by Gasteiger charge is 2.27. The number of carbonyl (C=O) groups excluding carboxylic acids is 2. The van der Waals surface area contributed by atoms with Crippen LogP contribution in [0.2, 0.25) is 0 Å². The van der Waals surface area contributed by atoms with Gasteiger partial charge in [-0.1, -0.05) is 29.8 Å². The third-order valence-electron chi connectivity index (χ3n) is 4.46. The van der Waals surface area contributed by atoms with Crippen LogP contribution in [-0.4, -0.2) is 65.8 Å². The van der Waals surface area contributed by atoms with Crippen molar-refractivity contribution in [3.63, 3.8) is 0 Å². The van der Waals surface area contributed by atoms with Gasteiger partial charge in [0.1, 0.15) is 6.04 Å². The molecule has 0 radical (unpaired) electrons. The third-order valence-corrected chi connectivity index (χ3v) is 5.10. The highest BCUT2D eigenvalue weighted by atomic mass is 32.2. The largest absolute Gasteiger partial charge is 0.345 e. The highest BCUT2D eigenvalue weighted by Crippen LogP contribution is 2.12. The van der Waals surface area contributed by atoms with Crippen LogP contribution in [0.5, 0.6) is 0 Å². The molecule has 25 heavy (non-hydrogen) atoms. The van der Waals surface area contributed by atoms with Gasteiger partial charge in [0.2, 0.25) is 11.8 Å². The minimum absolute atomic E-state index is 0.0551. The highest BCUT2D eigenvalue weighted by molar-refractivity contribution is 7.98. The number of benzene rings is 1. The number of nitrogens with zero attached hydrogens (tertiary/aromatic N) is 2. The lowest BCUT2D eigenvalue weighted by atomic mass is 10.1. The van der Waals surface area contributed by atoms with Crippen LogP contribution in [-0.2, 0) is 16.1 Å². The molecule has 1 heterocycles. The van der Waals surface area contributed by atoms with Crippen molar-refractivity contribution in [2.45, 2.75) is 32.9 Å². The molecule has 1 fully saturated rings. The van der Waals surface area contributed by atoms with Crippen LogP contribution >= 0.6 is 11.8 Å². The summed E-state index contributed by atoms with van der Waals surface area (Å²) in [7, 11) is 0. The Morgan fingerprint density at radius 3 is 2.56 bits per heavy atom.